The van der Waals surface area contributed by atoms with Crippen LogP contribution in [0.15, 0.2) is 12.1 Å². The van der Waals surface area contributed by atoms with Crippen molar-refractivity contribution in [1.82, 2.24) is 0 Å². The fourth-order valence-corrected chi connectivity index (χ4v) is 3.94. The minimum Gasteiger partial charge on any atom is -0.397 e. The van der Waals surface area contributed by atoms with Gasteiger partial charge in [-0.1, -0.05) is 24.6 Å². The zero-order valence-corrected chi connectivity index (χ0v) is 12.6. The maximum Gasteiger partial charge on any atom is 0.128 e. The van der Waals surface area contributed by atoms with Crippen molar-refractivity contribution < 1.29 is 0 Å². The monoisotopic (exact) mass is 270 g/mol. The molecule has 0 amide bonds. The number of hydrogen-bond donors (Lipinski definition) is 1. The number of aryl methyl sites for hydroxylation is 3. The summed E-state index contributed by atoms with van der Waals surface area (Å²) >= 11 is 1.51. The van der Waals surface area contributed by atoms with Crippen molar-refractivity contribution in [3.8, 4) is 16.5 Å². The van der Waals surface area contributed by atoms with Crippen molar-refractivity contribution >= 4 is 17.0 Å². The molecule has 2 N–H and O–H groups in total. The van der Waals surface area contributed by atoms with E-state index in [0.29, 0.717) is 10.6 Å². The second-order valence-corrected chi connectivity index (χ2v) is 5.91. The van der Waals surface area contributed by atoms with Crippen molar-refractivity contribution in [3.63, 3.8) is 0 Å². The second kappa shape index (κ2) is 5.07. The van der Waals surface area contributed by atoms with Crippen molar-refractivity contribution in [1.29, 1.82) is 5.26 Å². The van der Waals surface area contributed by atoms with Crippen molar-refractivity contribution in [2.24, 2.45) is 0 Å². The molecule has 19 heavy (non-hydrogen) atoms. The molecule has 0 fully saturated rings. The Labute approximate surface area is 118 Å². The van der Waals surface area contributed by atoms with Crippen molar-refractivity contribution in [3.05, 3.63) is 39.3 Å². The average molecular weight is 270 g/mol. The van der Waals surface area contributed by atoms with Gasteiger partial charge < -0.3 is 5.73 Å². The zero-order valence-electron chi connectivity index (χ0n) is 11.8. The second-order valence-electron chi connectivity index (χ2n) is 4.89. The summed E-state index contributed by atoms with van der Waals surface area (Å²) in [6, 6.07) is 6.57. The van der Waals surface area contributed by atoms with Crippen LogP contribution in [0.1, 0.15) is 34.1 Å². The number of nitriles is 1. The van der Waals surface area contributed by atoms with Crippen LogP contribution in [-0.2, 0) is 6.42 Å². The van der Waals surface area contributed by atoms with Crippen LogP contribution in [0.3, 0.4) is 0 Å². The molecule has 1 heterocycles. The maximum absolute atomic E-state index is 9.16. The quantitative estimate of drug-likeness (QED) is 0.881. The summed E-state index contributed by atoms with van der Waals surface area (Å²) in [7, 11) is 0. The summed E-state index contributed by atoms with van der Waals surface area (Å²) in [5.41, 5.74) is 12.8. The largest absolute Gasteiger partial charge is 0.397 e. The molecule has 0 radical (unpaired) electrons. The first-order valence-corrected chi connectivity index (χ1v) is 7.20. The Morgan fingerprint density at radius 1 is 1.21 bits per heavy atom. The van der Waals surface area contributed by atoms with Gasteiger partial charge in [0.15, 0.2) is 0 Å². The molecule has 0 saturated carbocycles. The lowest BCUT2D eigenvalue weighted by molar-refractivity contribution is 1.16. The van der Waals surface area contributed by atoms with Crippen LogP contribution in [0, 0.1) is 32.1 Å². The summed E-state index contributed by atoms with van der Waals surface area (Å²) in [5.74, 6) is 0. The lowest BCUT2D eigenvalue weighted by atomic mass is 9.95. The number of hydrogen-bond acceptors (Lipinski definition) is 3. The third kappa shape index (κ3) is 2.24. The van der Waals surface area contributed by atoms with Crippen LogP contribution in [0.2, 0.25) is 0 Å². The van der Waals surface area contributed by atoms with E-state index in [2.05, 4.69) is 45.9 Å². The Hall–Kier alpha value is -1.79. The number of anilines is 1. The lowest BCUT2D eigenvalue weighted by Gasteiger charge is -2.11. The molecule has 0 aliphatic carbocycles. The van der Waals surface area contributed by atoms with E-state index in [1.54, 1.807) is 0 Å². The molecule has 1 aromatic heterocycles. The highest BCUT2D eigenvalue weighted by Gasteiger charge is 2.18. The number of thiophene rings is 1. The molecular weight excluding hydrogens is 252 g/mol. The van der Waals surface area contributed by atoms with Gasteiger partial charge in [-0.3, -0.25) is 0 Å². The Morgan fingerprint density at radius 2 is 1.79 bits per heavy atom. The molecule has 0 aliphatic rings. The number of nitrogens with two attached hydrogens (primary N) is 1. The van der Waals surface area contributed by atoms with E-state index >= 15 is 0 Å². The standard InChI is InChI=1S/C16H18N2S/c1-5-12-15(18)13(8-17)19-16(12)14-10(3)6-9(2)7-11(14)4/h6-7H,5,18H2,1-4H3. The Kier molecular flexibility index (Phi) is 3.64. The lowest BCUT2D eigenvalue weighted by Crippen LogP contribution is -1.94. The summed E-state index contributed by atoms with van der Waals surface area (Å²) < 4.78 is 0. The molecule has 2 aromatic rings. The highest BCUT2D eigenvalue weighted by molar-refractivity contribution is 7.16. The predicted octanol–water partition coefficient (Wildman–Crippen LogP) is 4.36. The van der Waals surface area contributed by atoms with E-state index in [1.165, 1.54) is 33.6 Å². The van der Waals surface area contributed by atoms with Crippen molar-refractivity contribution in [2.75, 3.05) is 5.73 Å². The minimum absolute atomic E-state index is 0.631. The molecule has 0 aliphatic heterocycles. The molecule has 0 bridgehead atoms. The van der Waals surface area contributed by atoms with E-state index in [-0.39, 0.29) is 0 Å². The fraction of sp³-hybridized carbons (Fsp3) is 0.312. The third-order valence-corrected chi connectivity index (χ3v) is 4.58. The van der Waals surface area contributed by atoms with Gasteiger partial charge in [-0.2, -0.15) is 5.26 Å². The zero-order chi connectivity index (χ0) is 14.2. The summed E-state index contributed by atoms with van der Waals surface area (Å²) in [6.07, 6.45) is 0.853. The van der Waals surface area contributed by atoms with Gasteiger partial charge >= 0.3 is 0 Å². The van der Waals surface area contributed by atoms with Crippen LogP contribution in [-0.4, -0.2) is 0 Å². The molecule has 0 atom stereocenters. The molecular formula is C16H18N2S. The fourth-order valence-electron chi connectivity index (χ4n) is 2.65. The van der Waals surface area contributed by atoms with E-state index in [9.17, 15) is 0 Å². The summed E-state index contributed by atoms with van der Waals surface area (Å²) in [4.78, 5) is 1.79. The van der Waals surface area contributed by atoms with Crippen LogP contribution >= 0.6 is 11.3 Å². The molecule has 1 aromatic carbocycles. The number of nitrogens with zero attached hydrogens (tertiary/aromatic N) is 1. The van der Waals surface area contributed by atoms with Gasteiger partial charge in [-0.25, -0.2) is 0 Å². The first-order chi connectivity index (χ1) is 8.99. The van der Waals surface area contributed by atoms with Crippen LogP contribution in [0.4, 0.5) is 5.69 Å². The van der Waals surface area contributed by atoms with Gasteiger partial charge in [-0.15, -0.1) is 11.3 Å². The highest BCUT2D eigenvalue weighted by Crippen LogP contribution is 2.41. The van der Waals surface area contributed by atoms with Gasteiger partial charge in [0.1, 0.15) is 10.9 Å². The van der Waals surface area contributed by atoms with Gasteiger partial charge in [-0.05, 0) is 49.4 Å². The van der Waals surface area contributed by atoms with E-state index in [0.717, 1.165) is 16.9 Å². The van der Waals surface area contributed by atoms with Gasteiger partial charge in [0.25, 0.3) is 0 Å². The predicted molar refractivity (Wildman–Crippen MR) is 82.5 cm³/mol. The Bertz CT molecular complexity index is 652. The van der Waals surface area contributed by atoms with Crippen molar-refractivity contribution in [2.45, 2.75) is 34.1 Å². The Morgan fingerprint density at radius 3 is 2.26 bits per heavy atom. The molecule has 0 spiro atoms. The normalized spacial score (nSPS) is 10.5. The summed E-state index contributed by atoms with van der Waals surface area (Å²) in [5, 5.41) is 9.16. The SMILES string of the molecule is CCc1c(-c2c(C)cc(C)cc2C)sc(C#N)c1N. The number of benzene rings is 1. The minimum atomic E-state index is 0.631. The first kappa shape index (κ1) is 13.6. The van der Waals surface area contributed by atoms with Gasteiger partial charge in [0.2, 0.25) is 0 Å². The topological polar surface area (TPSA) is 49.8 Å². The van der Waals surface area contributed by atoms with Crippen LogP contribution in [0.5, 0.6) is 0 Å². The molecule has 3 heteroatoms. The maximum atomic E-state index is 9.16. The van der Waals surface area contributed by atoms with E-state index in [1.807, 2.05) is 0 Å². The van der Waals surface area contributed by atoms with E-state index in [4.69, 9.17) is 11.0 Å². The highest BCUT2D eigenvalue weighted by atomic mass is 32.1. The van der Waals surface area contributed by atoms with Gasteiger partial charge in [0.05, 0.1) is 5.69 Å². The molecule has 2 rings (SSSR count). The number of nitrogen functional groups attached to an aromatic ring is 1. The molecule has 0 saturated heterocycles. The summed E-state index contributed by atoms with van der Waals surface area (Å²) in [6.45, 7) is 8.43. The Balaban J connectivity index is 2.76. The molecule has 98 valence electrons. The molecule has 2 nitrogen and oxygen atoms in total. The number of rotatable bonds is 2. The van der Waals surface area contributed by atoms with Crippen LogP contribution < -0.4 is 5.73 Å². The molecule has 0 unspecified atom stereocenters. The smallest absolute Gasteiger partial charge is 0.128 e. The first-order valence-electron chi connectivity index (χ1n) is 6.39. The van der Waals surface area contributed by atoms with Gasteiger partial charge in [0, 0.05) is 4.88 Å². The van der Waals surface area contributed by atoms with Crippen LogP contribution in [0.25, 0.3) is 10.4 Å². The van der Waals surface area contributed by atoms with E-state index < -0.39 is 0 Å². The third-order valence-electron chi connectivity index (χ3n) is 3.41. The average Bonchev–Trinajstić information content (AvgIpc) is 2.64.